The molecule has 82 valence electrons. The second-order valence-electron chi connectivity index (χ2n) is 3.34. The van der Waals surface area contributed by atoms with Crippen LogP contribution in [0.25, 0.3) is 0 Å². The fraction of sp³-hybridized carbons (Fsp3) is 0.0833. The van der Waals surface area contributed by atoms with Crippen LogP contribution in [0, 0.1) is 0 Å². The number of nitrogens with one attached hydrogen (secondary N) is 1. The molecular weight excluding hydrogens is 268 g/mol. The number of phenols is 1. The molecule has 0 atom stereocenters. The molecule has 2 rings (SSSR count). The van der Waals surface area contributed by atoms with Gasteiger partial charge in [-0.1, -0.05) is 6.07 Å². The molecule has 2 N–H and O–H groups in total. The number of aromatic hydroxyl groups is 1. The van der Waals surface area contributed by atoms with Gasteiger partial charge in [0.05, 0.1) is 12.2 Å². The van der Waals surface area contributed by atoms with Crippen molar-refractivity contribution in [3.8, 4) is 5.75 Å². The summed E-state index contributed by atoms with van der Waals surface area (Å²) in [5.41, 5.74) is 1.81. The van der Waals surface area contributed by atoms with Gasteiger partial charge in [0.1, 0.15) is 5.75 Å². The van der Waals surface area contributed by atoms with Gasteiger partial charge in [-0.3, -0.25) is 4.98 Å². The third-order valence-electron chi connectivity index (χ3n) is 2.14. The monoisotopic (exact) mass is 278 g/mol. The van der Waals surface area contributed by atoms with E-state index in [1.54, 1.807) is 24.4 Å². The molecular formula is C12H11BrN2O. The van der Waals surface area contributed by atoms with Gasteiger partial charge in [0.2, 0.25) is 0 Å². The summed E-state index contributed by atoms with van der Waals surface area (Å²) in [6.07, 6.45) is 1.75. The van der Waals surface area contributed by atoms with Gasteiger partial charge in [-0.25, -0.2) is 0 Å². The van der Waals surface area contributed by atoms with E-state index in [4.69, 9.17) is 0 Å². The molecule has 0 aliphatic heterocycles. The van der Waals surface area contributed by atoms with Crippen molar-refractivity contribution in [2.75, 3.05) is 5.32 Å². The number of nitrogens with zero attached hydrogens (tertiary/aromatic N) is 1. The van der Waals surface area contributed by atoms with E-state index in [0.717, 1.165) is 15.9 Å². The maximum atomic E-state index is 9.30. The number of halogens is 1. The molecule has 1 heterocycles. The average Bonchev–Trinajstić information content (AvgIpc) is 2.28. The zero-order valence-corrected chi connectivity index (χ0v) is 10.1. The molecule has 16 heavy (non-hydrogen) atoms. The van der Waals surface area contributed by atoms with Crippen molar-refractivity contribution >= 4 is 21.6 Å². The molecule has 4 heteroatoms. The third-order valence-corrected chi connectivity index (χ3v) is 2.86. The van der Waals surface area contributed by atoms with Crippen LogP contribution in [-0.2, 0) is 6.54 Å². The van der Waals surface area contributed by atoms with Crippen LogP contribution in [0.1, 0.15) is 5.69 Å². The number of hydrogen-bond donors (Lipinski definition) is 2. The quantitative estimate of drug-likeness (QED) is 0.907. The summed E-state index contributed by atoms with van der Waals surface area (Å²) in [6.45, 7) is 0.616. The van der Waals surface area contributed by atoms with Gasteiger partial charge in [-0.05, 0) is 40.2 Å². The largest absolute Gasteiger partial charge is 0.508 e. The lowest BCUT2D eigenvalue weighted by molar-refractivity contribution is 0.475. The highest BCUT2D eigenvalue weighted by atomic mass is 79.9. The molecule has 0 aliphatic carbocycles. The second kappa shape index (κ2) is 4.99. The molecule has 1 aromatic heterocycles. The van der Waals surface area contributed by atoms with Crippen LogP contribution in [-0.4, -0.2) is 10.1 Å². The lowest BCUT2D eigenvalue weighted by Gasteiger charge is -2.07. The van der Waals surface area contributed by atoms with Crippen molar-refractivity contribution in [1.29, 1.82) is 0 Å². The minimum Gasteiger partial charge on any atom is -0.508 e. The van der Waals surface area contributed by atoms with Crippen molar-refractivity contribution < 1.29 is 5.11 Å². The molecule has 0 saturated heterocycles. The third kappa shape index (κ3) is 2.73. The number of pyridine rings is 1. The van der Waals surface area contributed by atoms with E-state index in [1.165, 1.54) is 0 Å². The molecule has 1 aromatic carbocycles. The van der Waals surface area contributed by atoms with Crippen LogP contribution in [0.2, 0.25) is 0 Å². The van der Waals surface area contributed by atoms with Gasteiger partial charge >= 0.3 is 0 Å². The molecule has 0 fully saturated rings. The van der Waals surface area contributed by atoms with Gasteiger partial charge in [-0.15, -0.1) is 0 Å². The van der Waals surface area contributed by atoms with E-state index < -0.39 is 0 Å². The molecule has 3 nitrogen and oxygen atoms in total. The summed E-state index contributed by atoms with van der Waals surface area (Å²) in [4.78, 5) is 4.24. The van der Waals surface area contributed by atoms with Crippen molar-refractivity contribution in [3.05, 3.63) is 52.8 Å². The average molecular weight is 279 g/mol. The summed E-state index contributed by atoms with van der Waals surface area (Å²) in [5.74, 6) is 0.255. The van der Waals surface area contributed by atoms with Gasteiger partial charge in [0, 0.05) is 22.4 Å². The summed E-state index contributed by atoms with van der Waals surface area (Å²) in [6, 6.07) is 10.8. The number of aromatic nitrogens is 1. The summed E-state index contributed by atoms with van der Waals surface area (Å²) < 4.78 is 0.975. The normalized spacial score (nSPS) is 10.1. The number of rotatable bonds is 3. The van der Waals surface area contributed by atoms with E-state index >= 15 is 0 Å². The Morgan fingerprint density at radius 2 is 2.12 bits per heavy atom. The Morgan fingerprint density at radius 3 is 2.88 bits per heavy atom. The fourth-order valence-corrected chi connectivity index (χ4v) is 1.75. The summed E-state index contributed by atoms with van der Waals surface area (Å²) in [7, 11) is 0. The van der Waals surface area contributed by atoms with Crippen LogP contribution < -0.4 is 5.32 Å². The topological polar surface area (TPSA) is 45.1 Å². The van der Waals surface area contributed by atoms with Crippen LogP contribution in [0.4, 0.5) is 5.69 Å². The lowest BCUT2D eigenvalue weighted by Crippen LogP contribution is -2.01. The Morgan fingerprint density at radius 1 is 1.25 bits per heavy atom. The molecule has 0 bridgehead atoms. The molecule has 0 unspecified atom stereocenters. The highest BCUT2D eigenvalue weighted by Crippen LogP contribution is 2.18. The minimum absolute atomic E-state index is 0.255. The van der Waals surface area contributed by atoms with Gasteiger partial charge in [-0.2, -0.15) is 0 Å². The fourth-order valence-electron chi connectivity index (χ4n) is 1.35. The SMILES string of the molecule is Oc1cccc(NCc2ncccc2Br)c1. The molecule has 0 saturated carbocycles. The number of benzene rings is 1. The zero-order chi connectivity index (χ0) is 11.4. The Hall–Kier alpha value is -1.55. The molecule has 0 radical (unpaired) electrons. The Labute approximate surface area is 102 Å². The molecule has 2 aromatic rings. The highest BCUT2D eigenvalue weighted by molar-refractivity contribution is 9.10. The molecule has 0 spiro atoms. The van der Waals surface area contributed by atoms with E-state index in [-0.39, 0.29) is 5.75 Å². The van der Waals surface area contributed by atoms with Gasteiger partial charge in [0.25, 0.3) is 0 Å². The van der Waals surface area contributed by atoms with Crippen molar-refractivity contribution in [2.24, 2.45) is 0 Å². The van der Waals surface area contributed by atoms with Crippen LogP contribution in [0.5, 0.6) is 5.75 Å². The highest BCUT2D eigenvalue weighted by Gasteiger charge is 2.00. The molecule has 0 aliphatic rings. The van der Waals surface area contributed by atoms with Crippen molar-refractivity contribution in [2.45, 2.75) is 6.54 Å². The first-order chi connectivity index (χ1) is 7.75. The first kappa shape index (κ1) is 11.0. The lowest BCUT2D eigenvalue weighted by atomic mass is 10.3. The first-order valence-electron chi connectivity index (χ1n) is 4.88. The van der Waals surface area contributed by atoms with Crippen LogP contribution in [0.15, 0.2) is 47.1 Å². The Balaban J connectivity index is 2.05. The van der Waals surface area contributed by atoms with E-state index in [9.17, 15) is 5.11 Å². The van der Waals surface area contributed by atoms with E-state index in [0.29, 0.717) is 6.54 Å². The maximum absolute atomic E-state index is 9.30. The maximum Gasteiger partial charge on any atom is 0.117 e. The summed E-state index contributed by atoms with van der Waals surface area (Å²) >= 11 is 3.43. The van der Waals surface area contributed by atoms with Gasteiger partial charge in [0.15, 0.2) is 0 Å². The zero-order valence-electron chi connectivity index (χ0n) is 8.52. The van der Waals surface area contributed by atoms with E-state index in [2.05, 4.69) is 26.2 Å². The predicted molar refractivity (Wildman–Crippen MR) is 67.4 cm³/mol. The van der Waals surface area contributed by atoms with Crippen LogP contribution >= 0.6 is 15.9 Å². The molecule has 0 amide bonds. The second-order valence-corrected chi connectivity index (χ2v) is 4.19. The minimum atomic E-state index is 0.255. The van der Waals surface area contributed by atoms with E-state index in [1.807, 2.05) is 18.2 Å². The van der Waals surface area contributed by atoms with Crippen molar-refractivity contribution in [3.63, 3.8) is 0 Å². The smallest absolute Gasteiger partial charge is 0.117 e. The van der Waals surface area contributed by atoms with Crippen LogP contribution in [0.3, 0.4) is 0 Å². The predicted octanol–water partition coefficient (Wildman–Crippen LogP) is 3.16. The number of anilines is 1. The van der Waals surface area contributed by atoms with Crippen molar-refractivity contribution in [1.82, 2.24) is 4.98 Å². The standard InChI is InChI=1S/C12H11BrN2O/c13-11-5-2-6-14-12(11)8-15-9-3-1-4-10(16)7-9/h1-7,15-16H,8H2. The summed E-state index contributed by atoms with van der Waals surface area (Å²) in [5, 5.41) is 12.5. The Bertz CT molecular complexity index is 488. The van der Waals surface area contributed by atoms with Gasteiger partial charge < -0.3 is 10.4 Å². The first-order valence-corrected chi connectivity index (χ1v) is 5.67. The number of hydrogen-bond acceptors (Lipinski definition) is 3. The number of phenolic OH excluding ortho intramolecular Hbond substituents is 1. The Kier molecular flexibility index (Phi) is 3.41.